The zero-order chi connectivity index (χ0) is 13.3. The average molecular weight is 282 g/mol. The van der Waals surface area contributed by atoms with E-state index >= 15 is 0 Å². The molecule has 0 amide bonds. The van der Waals surface area contributed by atoms with Crippen LogP contribution in [0.1, 0.15) is 18.0 Å². The van der Waals surface area contributed by atoms with Crippen molar-refractivity contribution in [2.24, 2.45) is 0 Å². The van der Waals surface area contributed by atoms with E-state index < -0.39 is 9.84 Å². The van der Waals surface area contributed by atoms with Crippen molar-refractivity contribution in [1.29, 1.82) is 0 Å². The second kappa shape index (κ2) is 5.20. The van der Waals surface area contributed by atoms with Crippen LogP contribution in [0.25, 0.3) is 0 Å². The van der Waals surface area contributed by atoms with Crippen molar-refractivity contribution in [1.82, 2.24) is 10.4 Å². The monoisotopic (exact) mass is 282 g/mol. The lowest BCUT2D eigenvalue weighted by Gasteiger charge is -2.34. The van der Waals surface area contributed by atoms with Gasteiger partial charge in [0.25, 0.3) is 0 Å². The molecule has 1 saturated heterocycles. The molecule has 2 heterocycles. The van der Waals surface area contributed by atoms with Crippen molar-refractivity contribution in [2.75, 3.05) is 32.1 Å². The fourth-order valence-electron chi connectivity index (χ4n) is 2.64. The molecule has 2 aliphatic rings. The van der Waals surface area contributed by atoms with Crippen LogP contribution in [0.4, 0.5) is 0 Å². The summed E-state index contributed by atoms with van der Waals surface area (Å²) in [5.74, 6) is 0.214. The molecule has 1 aromatic rings. The third-order valence-electron chi connectivity index (χ3n) is 3.65. The summed E-state index contributed by atoms with van der Waals surface area (Å²) in [5.41, 5.74) is 4.33. The van der Waals surface area contributed by atoms with E-state index in [1.54, 1.807) is 12.1 Å². The SMILES string of the molecule is O=S1(=O)CCC(NN2CCOCC2)c2ccccc21. The molecule has 6 heteroatoms. The quantitative estimate of drug-likeness (QED) is 0.867. The molecule has 19 heavy (non-hydrogen) atoms. The largest absolute Gasteiger partial charge is 0.379 e. The molecule has 0 saturated carbocycles. The minimum Gasteiger partial charge on any atom is -0.379 e. The Balaban J connectivity index is 1.84. The van der Waals surface area contributed by atoms with Gasteiger partial charge in [-0.05, 0) is 18.1 Å². The van der Waals surface area contributed by atoms with E-state index in [4.69, 9.17) is 4.74 Å². The summed E-state index contributed by atoms with van der Waals surface area (Å²) in [7, 11) is -3.10. The van der Waals surface area contributed by atoms with Crippen molar-refractivity contribution in [2.45, 2.75) is 17.4 Å². The highest BCUT2D eigenvalue weighted by molar-refractivity contribution is 7.91. The molecule has 0 bridgehead atoms. The Hall–Kier alpha value is -0.950. The number of ether oxygens (including phenoxy) is 1. The minimum absolute atomic E-state index is 0.0813. The second-order valence-electron chi connectivity index (χ2n) is 4.93. The van der Waals surface area contributed by atoms with Gasteiger partial charge in [-0.3, -0.25) is 0 Å². The average Bonchev–Trinajstić information content (AvgIpc) is 2.44. The predicted octanol–water partition coefficient (Wildman–Crippen LogP) is 0.742. The molecule has 1 atom stereocenters. The molecule has 2 aliphatic heterocycles. The fraction of sp³-hybridized carbons (Fsp3) is 0.538. The molecule has 0 aromatic heterocycles. The Morgan fingerprint density at radius 2 is 1.95 bits per heavy atom. The minimum atomic E-state index is -3.10. The number of hydrogen-bond donors (Lipinski definition) is 1. The van der Waals surface area contributed by atoms with Crippen molar-refractivity contribution < 1.29 is 13.2 Å². The molecule has 0 radical (unpaired) electrons. The van der Waals surface area contributed by atoms with Crippen molar-refractivity contribution in [3.05, 3.63) is 29.8 Å². The fourth-order valence-corrected chi connectivity index (χ4v) is 4.26. The zero-order valence-electron chi connectivity index (χ0n) is 10.7. The van der Waals surface area contributed by atoms with Gasteiger partial charge < -0.3 is 4.74 Å². The molecule has 0 aliphatic carbocycles. The lowest BCUT2D eigenvalue weighted by atomic mass is 10.0. The van der Waals surface area contributed by atoms with Gasteiger partial charge in [-0.2, -0.15) is 0 Å². The van der Waals surface area contributed by atoms with Gasteiger partial charge in [-0.15, -0.1) is 0 Å². The smallest absolute Gasteiger partial charge is 0.178 e. The maximum absolute atomic E-state index is 12.0. The van der Waals surface area contributed by atoms with E-state index in [2.05, 4.69) is 10.4 Å². The van der Waals surface area contributed by atoms with Crippen LogP contribution in [0.2, 0.25) is 0 Å². The first-order valence-corrected chi connectivity index (χ1v) is 8.22. The van der Waals surface area contributed by atoms with Gasteiger partial charge in [0.15, 0.2) is 9.84 Å². The Morgan fingerprint density at radius 3 is 2.74 bits per heavy atom. The molecular formula is C13H18N2O3S. The van der Waals surface area contributed by atoms with Crippen LogP contribution < -0.4 is 5.43 Å². The Labute approximate surface area is 113 Å². The third kappa shape index (κ3) is 2.67. The molecule has 3 rings (SSSR count). The van der Waals surface area contributed by atoms with E-state index in [9.17, 15) is 8.42 Å². The number of nitrogens with one attached hydrogen (secondary N) is 1. The summed E-state index contributed by atoms with van der Waals surface area (Å²) in [4.78, 5) is 0.479. The Morgan fingerprint density at radius 1 is 1.21 bits per heavy atom. The molecule has 104 valence electrons. The number of morpholine rings is 1. The highest BCUT2D eigenvalue weighted by atomic mass is 32.2. The highest BCUT2D eigenvalue weighted by Crippen LogP contribution is 2.32. The van der Waals surface area contributed by atoms with E-state index in [0.717, 1.165) is 31.9 Å². The number of hydrazine groups is 1. The summed E-state index contributed by atoms with van der Waals surface area (Å²) in [6, 6.07) is 7.38. The maximum Gasteiger partial charge on any atom is 0.178 e. The van der Waals surface area contributed by atoms with Gasteiger partial charge in [0.05, 0.1) is 23.9 Å². The van der Waals surface area contributed by atoms with Crippen LogP contribution in [0.3, 0.4) is 0 Å². The first-order chi connectivity index (χ1) is 9.17. The normalized spacial score (nSPS) is 26.8. The standard InChI is InChI=1S/C13H18N2O3S/c16-19(17)10-5-12(11-3-1-2-4-13(11)19)14-15-6-8-18-9-7-15/h1-4,12,14H,5-10H2. The summed E-state index contributed by atoms with van der Waals surface area (Å²) < 4.78 is 29.4. The zero-order valence-corrected chi connectivity index (χ0v) is 11.5. The van der Waals surface area contributed by atoms with Crippen LogP contribution in [0.15, 0.2) is 29.2 Å². The maximum atomic E-state index is 12.0. The molecule has 1 N–H and O–H groups in total. The third-order valence-corrected chi connectivity index (χ3v) is 5.47. The van der Waals surface area contributed by atoms with Crippen LogP contribution >= 0.6 is 0 Å². The topological polar surface area (TPSA) is 58.6 Å². The van der Waals surface area contributed by atoms with Gasteiger partial charge >= 0.3 is 0 Å². The molecule has 1 unspecified atom stereocenters. The number of hydrogen-bond acceptors (Lipinski definition) is 5. The van der Waals surface area contributed by atoms with Crippen LogP contribution in [-0.2, 0) is 14.6 Å². The van der Waals surface area contributed by atoms with E-state index in [0.29, 0.717) is 11.3 Å². The van der Waals surface area contributed by atoms with Crippen molar-refractivity contribution in [3.8, 4) is 0 Å². The highest BCUT2D eigenvalue weighted by Gasteiger charge is 2.30. The Kier molecular flexibility index (Phi) is 3.58. The van der Waals surface area contributed by atoms with Crippen molar-refractivity contribution in [3.63, 3.8) is 0 Å². The van der Waals surface area contributed by atoms with Crippen LogP contribution in [0, 0.1) is 0 Å². The molecular weight excluding hydrogens is 264 g/mol. The predicted molar refractivity (Wildman–Crippen MR) is 71.4 cm³/mol. The number of benzene rings is 1. The first-order valence-electron chi connectivity index (χ1n) is 6.57. The van der Waals surface area contributed by atoms with Gasteiger partial charge in [-0.25, -0.2) is 18.9 Å². The van der Waals surface area contributed by atoms with Crippen LogP contribution in [0.5, 0.6) is 0 Å². The molecule has 1 fully saturated rings. The summed E-state index contributed by atoms with van der Waals surface area (Å²) in [6.45, 7) is 3.12. The van der Waals surface area contributed by atoms with Crippen LogP contribution in [-0.4, -0.2) is 45.5 Å². The molecule has 0 spiro atoms. The summed E-state index contributed by atoms with van der Waals surface area (Å²) in [5, 5.41) is 2.13. The lowest BCUT2D eigenvalue weighted by Crippen LogP contribution is -2.48. The number of sulfone groups is 1. The van der Waals surface area contributed by atoms with Gasteiger partial charge in [0.1, 0.15) is 0 Å². The van der Waals surface area contributed by atoms with E-state index in [-0.39, 0.29) is 11.8 Å². The van der Waals surface area contributed by atoms with Gasteiger partial charge in [-0.1, -0.05) is 18.2 Å². The Bertz CT molecular complexity index is 553. The van der Waals surface area contributed by atoms with Gasteiger partial charge in [0, 0.05) is 19.1 Å². The lowest BCUT2D eigenvalue weighted by molar-refractivity contribution is 0.00264. The number of rotatable bonds is 2. The number of nitrogens with zero attached hydrogens (tertiary/aromatic N) is 1. The summed E-state index contributed by atoms with van der Waals surface area (Å²) in [6.07, 6.45) is 0.622. The first kappa shape index (κ1) is 13.1. The number of fused-ring (bicyclic) bond motifs is 1. The van der Waals surface area contributed by atoms with E-state index in [1.165, 1.54) is 0 Å². The van der Waals surface area contributed by atoms with Gasteiger partial charge in [0.2, 0.25) is 0 Å². The van der Waals surface area contributed by atoms with Crippen molar-refractivity contribution >= 4 is 9.84 Å². The second-order valence-corrected chi connectivity index (χ2v) is 7.00. The molecule has 1 aromatic carbocycles. The molecule has 5 nitrogen and oxygen atoms in total. The van der Waals surface area contributed by atoms with E-state index in [1.807, 2.05) is 12.1 Å². The summed E-state index contributed by atoms with van der Waals surface area (Å²) >= 11 is 0.